The second-order valence-corrected chi connectivity index (χ2v) is 5.75. The van der Waals surface area contributed by atoms with E-state index in [2.05, 4.69) is 0 Å². The van der Waals surface area contributed by atoms with E-state index < -0.39 is 14.6 Å². The molecule has 0 bridgehead atoms. The summed E-state index contributed by atoms with van der Waals surface area (Å²) in [7, 11) is -11.8. The second-order valence-electron chi connectivity index (χ2n) is 0.937. The van der Waals surface area contributed by atoms with E-state index in [-0.39, 0.29) is 17.1 Å². The molecule has 0 aliphatic carbocycles. The molecule has 9 heteroatoms. The van der Waals surface area contributed by atoms with Crippen LogP contribution in [-0.2, 0) is 26.2 Å². The molecule has 0 N–H and O–H groups in total. The molecule has 0 amide bonds. The average Bonchev–Trinajstić information content (AvgIpc) is 1.25. The zero-order valence-electron chi connectivity index (χ0n) is 3.70. The maximum atomic E-state index is 9.24. The fourth-order valence-corrected chi connectivity index (χ4v) is 0. The predicted molar refractivity (Wildman–Crippen MR) is 15.2 cm³/mol. The van der Waals surface area contributed by atoms with E-state index in [1.165, 1.54) is 0 Å². The van der Waals surface area contributed by atoms with Gasteiger partial charge >= 0.3 is 17.1 Å². The average molecular weight is 214 g/mol. The molecule has 0 aromatic rings. The van der Waals surface area contributed by atoms with Crippen molar-refractivity contribution in [1.29, 1.82) is 0 Å². The van der Waals surface area contributed by atoms with E-state index in [1.807, 2.05) is 0 Å². The van der Waals surface area contributed by atoms with E-state index in [0.29, 0.717) is 0 Å². The number of hydrogen-bond acceptors (Lipinski definition) is 6. The third kappa shape index (κ3) is 4.25. The summed E-state index contributed by atoms with van der Waals surface area (Å²) >= 11 is 0. The van der Waals surface area contributed by atoms with Crippen molar-refractivity contribution < 1.29 is 45.8 Å². The van der Waals surface area contributed by atoms with E-state index >= 15 is 0 Å². The molecule has 6 nitrogen and oxygen atoms in total. The maximum absolute atomic E-state index is 9.24. The first kappa shape index (κ1) is 12.5. The van der Waals surface area contributed by atoms with Gasteiger partial charge in [0.2, 0.25) is 0 Å². The number of rotatable bonds is 1. The van der Waals surface area contributed by atoms with Crippen molar-refractivity contribution in [2.75, 3.05) is 0 Å². The standard InChI is InChI=1S/Fe.H4O6P2/c;1-7(2,3)8(4,5)6/h;(H2,1,2,3)(H2,4,5,6)/q+4;/p-4. The normalized spacial score (nSPS) is 12.4. The van der Waals surface area contributed by atoms with Gasteiger partial charge in [0.05, 0.1) is 0 Å². The van der Waals surface area contributed by atoms with Gasteiger partial charge in [0.25, 0.3) is 0 Å². The van der Waals surface area contributed by atoms with Crippen LogP contribution in [0.2, 0.25) is 0 Å². The summed E-state index contributed by atoms with van der Waals surface area (Å²) in [6.07, 6.45) is 0. The van der Waals surface area contributed by atoms with Crippen molar-refractivity contribution >= 4 is 14.6 Å². The molecule has 0 fully saturated rings. The van der Waals surface area contributed by atoms with Crippen molar-refractivity contribution in [1.82, 2.24) is 0 Å². The fraction of sp³-hybridized carbons (Fsp3) is 0. The summed E-state index contributed by atoms with van der Waals surface area (Å²) in [4.78, 5) is 36.9. The van der Waals surface area contributed by atoms with Gasteiger partial charge in [-0.3, -0.25) is 0 Å². The largest absolute Gasteiger partial charge is 4.00 e. The molecular formula is FeO6P2. The number of hydrogen-bond donors (Lipinski definition) is 0. The maximum Gasteiger partial charge on any atom is 4.00 e. The van der Waals surface area contributed by atoms with Crippen LogP contribution in [-0.4, -0.2) is 0 Å². The van der Waals surface area contributed by atoms with Crippen molar-refractivity contribution in [3.8, 4) is 0 Å². The monoisotopic (exact) mass is 214 g/mol. The Bertz CT molecular complexity index is 140. The molecule has 0 saturated carbocycles. The second kappa shape index (κ2) is 3.28. The summed E-state index contributed by atoms with van der Waals surface area (Å²) in [5.41, 5.74) is 0. The Morgan fingerprint density at radius 3 is 0.889 bits per heavy atom. The Kier molecular flexibility index (Phi) is 4.55. The molecule has 0 heterocycles. The van der Waals surface area contributed by atoms with Crippen molar-refractivity contribution in [2.45, 2.75) is 0 Å². The molecule has 54 valence electrons. The minimum atomic E-state index is -5.91. The molecule has 0 radical (unpaired) electrons. The molecule has 0 unspecified atom stereocenters. The Hall–Kier alpha value is 0.819. The van der Waals surface area contributed by atoms with Gasteiger partial charge in [0.15, 0.2) is 0 Å². The first-order valence-corrected chi connectivity index (χ1v) is 5.09. The molecule has 0 aromatic carbocycles. The van der Waals surface area contributed by atoms with Crippen LogP contribution in [0.1, 0.15) is 0 Å². The van der Waals surface area contributed by atoms with Gasteiger partial charge in [-0.25, -0.2) is 0 Å². The minimum absolute atomic E-state index is 0. The molecule has 0 atom stereocenters. The third-order valence-corrected chi connectivity index (χ3v) is 2.70. The van der Waals surface area contributed by atoms with Gasteiger partial charge in [-0.1, -0.05) is 0 Å². The van der Waals surface area contributed by atoms with Gasteiger partial charge in [0.1, 0.15) is 0 Å². The third-order valence-electron chi connectivity index (χ3n) is 0.300. The smallest absolute Gasteiger partial charge is 0.807 e. The van der Waals surface area contributed by atoms with E-state index in [0.717, 1.165) is 0 Å². The van der Waals surface area contributed by atoms with Crippen molar-refractivity contribution in [3.05, 3.63) is 0 Å². The first-order valence-electron chi connectivity index (χ1n) is 1.30. The van der Waals surface area contributed by atoms with Crippen LogP contribution in [0.5, 0.6) is 0 Å². The van der Waals surface area contributed by atoms with Gasteiger partial charge in [0, 0.05) is 0 Å². The van der Waals surface area contributed by atoms with Gasteiger partial charge < -0.3 is 28.7 Å². The Labute approximate surface area is 61.0 Å². The quantitative estimate of drug-likeness (QED) is 0.332. The summed E-state index contributed by atoms with van der Waals surface area (Å²) in [5, 5.41) is 0. The van der Waals surface area contributed by atoms with Crippen molar-refractivity contribution in [2.24, 2.45) is 0 Å². The van der Waals surface area contributed by atoms with E-state index in [1.54, 1.807) is 0 Å². The molecule has 0 rings (SSSR count). The van der Waals surface area contributed by atoms with Crippen LogP contribution in [0.3, 0.4) is 0 Å². The topological polar surface area (TPSA) is 126 Å². The zero-order chi connectivity index (χ0) is 7.00. The van der Waals surface area contributed by atoms with Crippen LogP contribution >= 0.6 is 14.6 Å². The Balaban J connectivity index is 0. The van der Waals surface area contributed by atoms with E-state index in [4.69, 9.17) is 0 Å². The van der Waals surface area contributed by atoms with Crippen LogP contribution in [0.4, 0.5) is 0 Å². The first-order chi connectivity index (χ1) is 3.25. The molecular weight excluding hydrogens is 214 g/mol. The summed E-state index contributed by atoms with van der Waals surface area (Å²) < 4.78 is 18.5. The summed E-state index contributed by atoms with van der Waals surface area (Å²) in [6.45, 7) is 0. The predicted octanol–water partition coefficient (Wildman–Crippen LogP) is -3.27. The van der Waals surface area contributed by atoms with Gasteiger partial charge in [-0.2, -0.15) is 0 Å². The molecule has 9 heavy (non-hydrogen) atoms. The Morgan fingerprint density at radius 1 is 0.778 bits per heavy atom. The van der Waals surface area contributed by atoms with Crippen LogP contribution < -0.4 is 19.6 Å². The van der Waals surface area contributed by atoms with Crippen LogP contribution in [0.15, 0.2) is 0 Å². The van der Waals surface area contributed by atoms with Crippen LogP contribution in [0, 0.1) is 0 Å². The van der Waals surface area contributed by atoms with Crippen LogP contribution in [0.25, 0.3) is 0 Å². The summed E-state index contributed by atoms with van der Waals surface area (Å²) in [5.74, 6) is 0. The zero-order valence-corrected chi connectivity index (χ0v) is 6.59. The van der Waals surface area contributed by atoms with E-state index in [9.17, 15) is 28.7 Å². The molecule has 0 saturated heterocycles. The van der Waals surface area contributed by atoms with Gasteiger partial charge in [-0.15, -0.1) is 0 Å². The van der Waals surface area contributed by atoms with Gasteiger partial charge in [-0.05, 0) is 14.6 Å². The molecule has 0 spiro atoms. The SMILES string of the molecule is O=P([O-])([O-])P(=O)([O-])[O-].[Fe+4]. The molecule has 0 aliphatic heterocycles. The van der Waals surface area contributed by atoms with Crippen molar-refractivity contribution in [3.63, 3.8) is 0 Å². The molecule has 0 aliphatic rings. The summed E-state index contributed by atoms with van der Waals surface area (Å²) in [6, 6.07) is 0. The Morgan fingerprint density at radius 2 is 0.889 bits per heavy atom. The fourth-order valence-electron chi connectivity index (χ4n) is 0. The molecule has 0 aromatic heterocycles. The minimum Gasteiger partial charge on any atom is -0.807 e.